The third-order valence-corrected chi connectivity index (χ3v) is 2.22. The number of nitrogens with zero attached hydrogens (tertiary/aromatic N) is 1. The molecule has 0 radical (unpaired) electrons. The van der Waals surface area contributed by atoms with Gasteiger partial charge in [-0.15, -0.1) is 0 Å². The molecule has 1 rings (SSSR count). The van der Waals surface area contributed by atoms with Crippen molar-refractivity contribution in [1.82, 2.24) is 5.43 Å². The zero-order valence-corrected chi connectivity index (χ0v) is 10.4. The van der Waals surface area contributed by atoms with Gasteiger partial charge in [0, 0.05) is 5.02 Å². The molecule has 5 heteroatoms. The highest BCUT2D eigenvalue weighted by molar-refractivity contribution is 6.30. The Bertz CT molecular complexity index is 377. The van der Waals surface area contributed by atoms with Crippen molar-refractivity contribution in [3.05, 3.63) is 34.9 Å². The highest BCUT2D eigenvalue weighted by atomic mass is 35.5. The predicted octanol–water partition coefficient (Wildman–Crippen LogP) is 3.20. The van der Waals surface area contributed by atoms with Gasteiger partial charge < -0.3 is 4.74 Å². The van der Waals surface area contributed by atoms with Gasteiger partial charge in [-0.3, -0.25) is 0 Å². The van der Waals surface area contributed by atoms with E-state index in [9.17, 15) is 4.79 Å². The van der Waals surface area contributed by atoms with Crippen LogP contribution < -0.4 is 5.43 Å². The SMILES string of the molecule is CCCCOC(=O)NN=Cc1ccc(Cl)cc1. The molecule has 92 valence electrons. The summed E-state index contributed by atoms with van der Waals surface area (Å²) in [5.74, 6) is 0. The molecular formula is C12H15ClN2O2. The first-order chi connectivity index (χ1) is 8.22. The van der Waals surface area contributed by atoms with Crippen LogP contribution in [0.25, 0.3) is 0 Å². The van der Waals surface area contributed by atoms with Gasteiger partial charge >= 0.3 is 6.09 Å². The summed E-state index contributed by atoms with van der Waals surface area (Å²) in [5.41, 5.74) is 3.13. The van der Waals surface area contributed by atoms with Gasteiger partial charge in [-0.2, -0.15) is 5.10 Å². The average molecular weight is 255 g/mol. The topological polar surface area (TPSA) is 50.7 Å². The van der Waals surface area contributed by atoms with E-state index >= 15 is 0 Å². The Hall–Kier alpha value is -1.55. The lowest BCUT2D eigenvalue weighted by molar-refractivity contribution is 0.145. The molecule has 0 atom stereocenters. The minimum absolute atomic E-state index is 0.415. The molecule has 1 amide bonds. The van der Waals surface area contributed by atoms with E-state index in [0.717, 1.165) is 18.4 Å². The summed E-state index contributed by atoms with van der Waals surface area (Å²) in [6, 6.07) is 7.11. The fraction of sp³-hybridized carbons (Fsp3) is 0.333. The van der Waals surface area contributed by atoms with E-state index in [2.05, 4.69) is 10.5 Å². The van der Waals surface area contributed by atoms with E-state index in [1.807, 2.05) is 6.92 Å². The maximum atomic E-state index is 11.1. The first-order valence-corrected chi connectivity index (χ1v) is 5.81. The van der Waals surface area contributed by atoms with Crippen LogP contribution in [0.1, 0.15) is 25.3 Å². The van der Waals surface area contributed by atoms with Crippen LogP contribution in [0.3, 0.4) is 0 Å². The number of rotatable bonds is 5. The van der Waals surface area contributed by atoms with Crippen molar-refractivity contribution >= 4 is 23.9 Å². The van der Waals surface area contributed by atoms with Crippen LogP contribution in [0.15, 0.2) is 29.4 Å². The second kappa shape index (κ2) is 7.68. The number of hydrazone groups is 1. The number of benzene rings is 1. The molecule has 0 aliphatic rings. The van der Waals surface area contributed by atoms with Gasteiger partial charge in [0.15, 0.2) is 0 Å². The molecule has 0 aliphatic heterocycles. The third kappa shape index (κ3) is 5.92. The van der Waals surface area contributed by atoms with E-state index < -0.39 is 6.09 Å². The quantitative estimate of drug-likeness (QED) is 0.498. The number of nitrogens with one attached hydrogen (secondary N) is 1. The summed E-state index contributed by atoms with van der Waals surface area (Å²) in [7, 11) is 0. The van der Waals surface area contributed by atoms with Crippen molar-refractivity contribution in [3.8, 4) is 0 Å². The lowest BCUT2D eigenvalue weighted by atomic mass is 10.2. The van der Waals surface area contributed by atoms with Crippen LogP contribution in [-0.4, -0.2) is 18.9 Å². The van der Waals surface area contributed by atoms with Gasteiger partial charge in [-0.1, -0.05) is 37.1 Å². The minimum atomic E-state index is -0.538. The van der Waals surface area contributed by atoms with Crippen molar-refractivity contribution in [3.63, 3.8) is 0 Å². The second-order valence-electron chi connectivity index (χ2n) is 3.41. The van der Waals surface area contributed by atoms with Crippen LogP contribution in [0.5, 0.6) is 0 Å². The van der Waals surface area contributed by atoms with Crippen LogP contribution >= 0.6 is 11.6 Å². The van der Waals surface area contributed by atoms with Gasteiger partial charge in [-0.25, -0.2) is 10.2 Å². The Labute approximate surface area is 106 Å². The first-order valence-electron chi connectivity index (χ1n) is 5.43. The minimum Gasteiger partial charge on any atom is -0.448 e. The van der Waals surface area contributed by atoms with Gasteiger partial charge in [-0.05, 0) is 24.1 Å². The molecule has 1 aromatic carbocycles. The molecule has 0 heterocycles. The van der Waals surface area contributed by atoms with Gasteiger partial charge in [0.25, 0.3) is 0 Å². The Balaban J connectivity index is 2.29. The van der Waals surface area contributed by atoms with Gasteiger partial charge in [0.2, 0.25) is 0 Å². The molecule has 0 bridgehead atoms. The van der Waals surface area contributed by atoms with Crippen molar-refractivity contribution < 1.29 is 9.53 Å². The van der Waals surface area contributed by atoms with Crippen LogP contribution in [0.4, 0.5) is 4.79 Å². The number of hydrogen-bond donors (Lipinski definition) is 1. The maximum absolute atomic E-state index is 11.1. The van der Waals surface area contributed by atoms with E-state index in [-0.39, 0.29) is 0 Å². The Kier molecular flexibility index (Phi) is 6.10. The fourth-order valence-electron chi connectivity index (χ4n) is 1.05. The lowest BCUT2D eigenvalue weighted by Gasteiger charge is -2.01. The smallest absolute Gasteiger partial charge is 0.427 e. The maximum Gasteiger partial charge on any atom is 0.427 e. The highest BCUT2D eigenvalue weighted by Gasteiger charge is 1.97. The molecule has 0 fully saturated rings. The number of carbonyl (C=O) groups is 1. The molecule has 1 aromatic rings. The van der Waals surface area contributed by atoms with Crippen molar-refractivity contribution in [1.29, 1.82) is 0 Å². The molecule has 0 spiro atoms. The molecule has 17 heavy (non-hydrogen) atoms. The molecule has 4 nitrogen and oxygen atoms in total. The summed E-state index contributed by atoms with van der Waals surface area (Å²) in [5, 5.41) is 4.42. The summed E-state index contributed by atoms with van der Waals surface area (Å²) in [6.07, 6.45) is 2.83. The number of hydrogen-bond acceptors (Lipinski definition) is 3. The standard InChI is InChI=1S/C12H15ClN2O2/c1-2-3-8-17-12(16)15-14-9-10-4-6-11(13)7-5-10/h4-7,9H,2-3,8H2,1H3,(H,15,16). The molecule has 0 saturated heterocycles. The number of halogens is 1. The molecule has 0 saturated carbocycles. The predicted molar refractivity (Wildman–Crippen MR) is 68.4 cm³/mol. The van der Waals surface area contributed by atoms with Crippen LogP contribution in [-0.2, 0) is 4.74 Å². The average Bonchev–Trinajstić information content (AvgIpc) is 2.32. The molecule has 0 aliphatic carbocycles. The number of unbranched alkanes of at least 4 members (excludes halogenated alkanes) is 1. The molecule has 0 aromatic heterocycles. The summed E-state index contributed by atoms with van der Waals surface area (Å²) in [6.45, 7) is 2.44. The Morgan fingerprint density at radius 3 is 2.82 bits per heavy atom. The monoisotopic (exact) mass is 254 g/mol. The van der Waals surface area contributed by atoms with Gasteiger partial charge in [0.05, 0.1) is 12.8 Å². The van der Waals surface area contributed by atoms with Crippen molar-refractivity contribution in [2.75, 3.05) is 6.61 Å². The second-order valence-corrected chi connectivity index (χ2v) is 3.85. The molecule has 0 unspecified atom stereocenters. The van der Waals surface area contributed by atoms with E-state index in [1.165, 1.54) is 6.21 Å². The van der Waals surface area contributed by atoms with E-state index in [1.54, 1.807) is 24.3 Å². The number of carbonyl (C=O) groups excluding carboxylic acids is 1. The van der Waals surface area contributed by atoms with E-state index in [0.29, 0.717) is 11.6 Å². The normalized spacial score (nSPS) is 10.5. The Morgan fingerprint density at radius 1 is 1.47 bits per heavy atom. The van der Waals surface area contributed by atoms with Crippen molar-refractivity contribution in [2.24, 2.45) is 5.10 Å². The zero-order chi connectivity index (χ0) is 12.5. The van der Waals surface area contributed by atoms with Crippen LogP contribution in [0, 0.1) is 0 Å². The van der Waals surface area contributed by atoms with Crippen LogP contribution in [0.2, 0.25) is 5.02 Å². The summed E-state index contributed by atoms with van der Waals surface area (Å²) < 4.78 is 4.85. The Morgan fingerprint density at radius 2 is 2.18 bits per heavy atom. The highest BCUT2D eigenvalue weighted by Crippen LogP contribution is 2.07. The summed E-state index contributed by atoms with van der Waals surface area (Å²) >= 11 is 5.73. The molecule has 1 N–H and O–H groups in total. The zero-order valence-electron chi connectivity index (χ0n) is 9.65. The largest absolute Gasteiger partial charge is 0.448 e. The first kappa shape index (κ1) is 13.5. The van der Waals surface area contributed by atoms with E-state index in [4.69, 9.17) is 16.3 Å². The number of amides is 1. The van der Waals surface area contributed by atoms with Gasteiger partial charge in [0.1, 0.15) is 0 Å². The molecular weight excluding hydrogens is 240 g/mol. The number of ether oxygens (including phenoxy) is 1. The third-order valence-electron chi connectivity index (χ3n) is 1.97. The lowest BCUT2D eigenvalue weighted by Crippen LogP contribution is -2.19. The van der Waals surface area contributed by atoms with Crippen molar-refractivity contribution in [2.45, 2.75) is 19.8 Å². The summed E-state index contributed by atoms with van der Waals surface area (Å²) in [4.78, 5) is 11.1. The fourth-order valence-corrected chi connectivity index (χ4v) is 1.18.